The maximum absolute atomic E-state index is 4.65. The van der Waals surface area contributed by atoms with Crippen LogP contribution in [0.2, 0.25) is 0 Å². The van der Waals surface area contributed by atoms with Crippen LogP contribution < -0.4 is 15.1 Å². The molecule has 1 aromatic carbocycles. The smallest absolute Gasteiger partial charge is 0.245 e. The Kier molecular flexibility index (Phi) is 3.79. The molecule has 2 aromatic rings. The van der Waals surface area contributed by atoms with Gasteiger partial charge in [0.05, 0.1) is 0 Å². The minimum Gasteiger partial charge on any atom is -0.378 e. The van der Waals surface area contributed by atoms with Crippen molar-refractivity contribution >= 4 is 11.6 Å². The number of hydrogen-bond acceptors (Lipinski definition) is 5. The molecule has 2 N–H and O–H groups in total. The summed E-state index contributed by atoms with van der Waals surface area (Å²) in [6.45, 7) is 5.04. The average Bonchev–Trinajstić information content (AvgIpc) is 2.97. The molecule has 0 radical (unpaired) electrons. The molecule has 0 spiro atoms. The molecular formula is C15H22N6. The highest BCUT2D eigenvalue weighted by Crippen LogP contribution is 2.22. The molecule has 21 heavy (non-hydrogen) atoms. The van der Waals surface area contributed by atoms with Gasteiger partial charge in [-0.3, -0.25) is 5.10 Å². The van der Waals surface area contributed by atoms with Crippen molar-refractivity contribution in [2.45, 2.75) is 13.0 Å². The normalized spacial score (nSPS) is 18.8. The maximum atomic E-state index is 4.65. The third kappa shape index (κ3) is 3.00. The molecule has 1 aliphatic heterocycles. The third-order valence-electron chi connectivity index (χ3n) is 3.76. The molecule has 0 saturated carbocycles. The molecule has 6 nitrogen and oxygen atoms in total. The Labute approximate surface area is 125 Å². The highest BCUT2D eigenvalue weighted by atomic mass is 15.4. The second kappa shape index (κ2) is 5.73. The van der Waals surface area contributed by atoms with Crippen LogP contribution in [0.25, 0.3) is 11.4 Å². The zero-order valence-electron chi connectivity index (χ0n) is 12.8. The van der Waals surface area contributed by atoms with E-state index in [0.29, 0.717) is 6.04 Å². The zero-order chi connectivity index (χ0) is 14.8. The molecule has 1 unspecified atom stereocenters. The predicted molar refractivity (Wildman–Crippen MR) is 85.8 cm³/mol. The summed E-state index contributed by atoms with van der Waals surface area (Å²) in [5.74, 6) is 1.61. The Bertz CT molecular complexity index is 606. The number of rotatable bonds is 3. The Morgan fingerprint density at radius 2 is 2.19 bits per heavy atom. The first-order valence-electron chi connectivity index (χ1n) is 7.32. The van der Waals surface area contributed by atoms with Crippen molar-refractivity contribution in [3.05, 3.63) is 24.3 Å². The molecule has 1 fully saturated rings. The van der Waals surface area contributed by atoms with Crippen molar-refractivity contribution < 1.29 is 0 Å². The lowest BCUT2D eigenvalue weighted by molar-refractivity contribution is 0.480. The maximum Gasteiger partial charge on any atom is 0.245 e. The van der Waals surface area contributed by atoms with Crippen molar-refractivity contribution in [2.75, 3.05) is 43.5 Å². The van der Waals surface area contributed by atoms with Gasteiger partial charge in [-0.15, -0.1) is 5.10 Å². The van der Waals surface area contributed by atoms with E-state index in [2.05, 4.69) is 55.4 Å². The quantitative estimate of drug-likeness (QED) is 0.891. The molecule has 1 aromatic heterocycles. The lowest BCUT2D eigenvalue weighted by Crippen LogP contribution is -2.49. The first-order chi connectivity index (χ1) is 10.1. The van der Waals surface area contributed by atoms with Gasteiger partial charge in [-0.25, -0.2) is 0 Å². The summed E-state index contributed by atoms with van der Waals surface area (Å²) >= 11 is 0. The van der Waals surface area contributed by atoms with E-state index in [4.69, 9.17) is 0 Å². The van der Waals surface area contributed by atoms with Gasteiger partial charge in [0.15, 0.2) is 5.82 Å². The molecular weight excluding hydrogens is 264 g/mol. The van der Waals surface area contributed by atoms with Gasteiger partial charge in [-0.2, -0.15) is 4.98 Å². The Morgan fingerprint density at radius 1 is 1.33 bits per heavy atom. The van der Waals surface area contributed by atoms with Gasteiger partial charge in [0.2, 0.25) is 5.95 Å². The molecule has 0 bridgehead atoms. The van der Waals surface area contributed by atoms with Crippen molar-refractivity contribution in [1.82, 2.24) is 20.5 Å². The predicted octanol–water partition coefficient (Wildman–Crippen LogP) is 1.34. The molecule has 1 saturated heterocycles. The summed E-state index contributed by atoms with van der Waals surface area (Å²) in [6.07, 6.45) is 0. The third-order valence-corrected chi connectivity index (χ3v) is 3.76. The molecule has 6 heteroatoms. The van der Waals surface area contributed by atoms with E-state index in [9.17, 15) is 0 Å². The Balaban J connectivity index is 1.83. The number of benzene rings is 1. The summed E-state index contributed by atoms with van der Waals surface area (Å²) in [5.41, 5.74) is 2.21. The van der Waals surface area contributed by atoms with Crippen molar-refractivity contribution in [2.24, 2.45) is 0 Å². The van der Waals surface area contributed by atoms with E-state index >= 15 is 0 Å². The largest absolute Gasteiger partial charge is 0.378 e. The Morgan fingerprint density at radius 3 is 2.95 bits per heavy atom. The van der Waals surface area contributed by atoms with Gasteiger partial charge < -0.3 is 15.1 Å². The fraction of sp³-hybridized carbons (Fsp3) is 0.467. The lowest BCUT2D eigenvalue weighted by Gasteiger charge is -2.30. The van der Waals surface area contributed by atoms with Gasteiger partial charge in [-0.05, 0) is 19.1 Å². The second-order valence-electron chi connectivity index (χ2n) is 5.73. The van der Waals surface area contributed by atoms with E-state index in [-0.39, 0.29) is 0 Å². The molecule has 0 aliphatic carbocycles. The van der Waals surface area contributed by atoms with Gasteiger partial charge in [0.25, 0.3) is 0 Å². The van der Waals surface area contributed by atoms with Gasteiger partial charge >= 0.3 is 0 Å². The van der Waals surface area contributed by atoms with Crippen LogP contribution in [-0.4, -0.2) is 55.0 Å². The first kappa shape index (κ1) is 13.9. The molecule has 1 atom stereocenters. The second-order valence-corrected chi connectivity index (χ2v) is 5.73. The van der Waals surface area contributed by atoms with E-state index in [1.54, 1.807) is 0 Å². The van der Waals surface area contributed by atoms with E-state index in [1.165, 1.54) is 0 Å². The number of hydrogen-bond donors (Lipinski definition) is 2. The monoisotopic (exact) mass is 286 g/mol. The number of anilines is 2. The van der Waals surface area contributed by atoms with Gasteiger partial charge in [0, 0.05) is 51.0 Å². The molecule has 2 heterocycles. The van der Waals surface area contributed by atoms with Gasteiger partial charge in [-0.1, -0.05) is 12.1 Å². The van der Waals surface area contributed by atoms with Crippen LogP contribution in [0.3, 0.4) is 0 Å². The summed E-state index contributed by atoms with van der Waals surface area (Å²) in [5, 5.41) is 10.9. The van der Waals surface area contributed by atoms with Crippen LogP contribution in [0.1, 0.15) is 6.92 Å². The van der Waals surface area contributed by atoms with Crippen LogP contribution in [0.4, 0.5) is 11.6 Å². The molecule has 1 aliphatic rings. The first-order valence-corrected chi connectivity index (χ1v) is 7.32. The minimum absolute atomic E-state index is 0.470. The number of H-pyrrole nitrogens is 1. The van der Waals surface area contributed by atoms with Crippen LogP contribution >= 0.6 is 0 Å². The average molecular weight is 286 g/mol. The summed E-state index contributed by atoms with van der Waals surface area (Å²) in [6, 6.07) is 8.76. The van der Waals surface area contributed by atoms with Crippen LogP contribution in [0.5, 0.6) is 0 Å². The highest BCUT2D eigenvalue weighted by Gasteiger charge is 2.19. The number of nitrogens with one attached hydrogen (secondary N) is 2. The van der Waals surface area contributed by atoms with Crippen LogP contribution in [0, 0.1) is 0 Å². The summed E-state index contributed by atoms with van der Waals surface area (Å²) in [7, 11) is 4.07. The number of nitrogens with zero attached hydrogens (tertiary/aromatic N) is 4. The number of piperazine rings is 1. The number of aromatic nitrogens is 3. The van der Waals surface area contributed by atoms with Crippen molar-refractivity contribution in [3.8, 4) is 11.4 Å². The van der Waals surface area contributed by atoms with Crippen LogP contribution in [-0.2, 0) is 0 Å². The molecule has 0 amide bonds. The Hall–Kier alpha value is -2.08. The van der Waals surface area contributed by atoms with E-state index in [0.717, 1.165) is 42.7 Å². The molecule has 112 valence electrons. The zero-order valence-corrected chi connectivity index (χ0v) is 12.8. The van der Waals surface area contributed by atoms with Crippen molar-refractivity contribution in [3.63, 3.8) is 0 Å². The van der Waals surface area contributed by atoms with Gasteiger partial charge in [0.1, 0.15) is 0 Å². The highest BCUT2D eigenvalue weighted by molar-refractivity contribution is 5.63. The van der Waals surface area contributed by atoms with Crippen molar-refractivity contribution in [1.29, 1.82) is 0 Å². The standard InChI is InChI=1S/C15H22N6/c1-11-10-21(8-7-16-11)15-17-14(18-19-15)12-5-4-6-13(9-12)20(2)3/h4-6,9,11,16H,7-8,10H2,1-3H3,(H,17,18,19). The summed E-state index contributed by atoms with van der Waals surface area (Å²) < 4.78 is 0. The topological polar surface area (TPSA) is 60.1 Å². The van der Waals surface area contributed by atoms with Crippen LogP contribution in [0.15, 0.2) is 24.3 Å². The summed E-state index contributed by atoms with van der Waals surface area (Å²) in [4.78, 5) is 8.95. The lowest BCUT2D eigenvalue weighted by atomic mass is 10.2. The fourth-order valence-corrected chi connectivity index (χ4v) is 2.57. The van der Waals surface area contributed by atoms with E-state index < -0.39 is 0 Å². The SMILES string of the molecule is CC1CN(c2n[nH]c(-c3cccc(N(C)C)c3)n2)CCN1. The molecule has 3 rings (SSSR count). The van der Waals surface area contributed by atoms with E-state index in [1.807, 2.05) is 20.2 Å². The number of aromatic amines is 1. The minimum atomic E-state index is 0.470. The fourth-order valence-electron chi connectivity index (χ4n) is 2.57.